The number of carbonyl (C=O) groups excluding carboxylic acids is 3. The summed E-state index contributed by atoms with van der Waals surface area (Å²) in [6.45, 7) is 3.56. The van der Waals surface area contributed by atoms with Gasteiger partial charge in [0.25, 0.3) is 11.8 Å². The first-order valence-corrected chi connectivity index (χ1v) is 11.0. The van der Waals surface area contributed by atoms with E-state index in [0.29, 0.717) is 49.2 Å². The molecular formula is C24H25N3O6. The first-order chi connectivity index (χ1) is 16.0. The molecule has 2 aromatic carbocycles. The third-order valence-corrected chi connectivity index (χ3v) is 6.07. The van der Waals surface area contributed by atoms with Crippen LogP contribution in [0.5, 0.6) is 11.5 Å². The highest BCUT2D eigenvalue weighted by Crippen LogP contribution is 2.37. The number of para-hydroxylation sites is 4. The van der Waals surface area contributed by atoms with E-state index in [2.05, 4.69) is 0 Å². The lowest BCUT2D eigenvalue weighted by molar-refractivity contribution is -0.143. The molecule has 1 saturated heterocycles. The van der Waals surface area contributed by atoms with Crippen molar-refractivity contribution in [1.82, 2.24) is 4.90 Å². The third kappa shape index (κ3) is 4.00. The number of rotatable bonds is 2. The second kappa shape index (κ2) is 8.74. The van der Waals surface area contributed by atoms with Crippen LogP contribution in [0.15, 0.2) is 48.5 Å². The fourth-order valence-electron chi connectivity index (χ4n) is 4.39. The number of anilines is 2. The maximum atomic E-state index is 13.7. The van der Waals surface area contributed by atoms with E-state index in [1.165, 1.54) is 6.92 Å². The summed E-state index contributed by atoms with van der Waals surface area (Å²) >= 11 is 0. The van der Waals surface area contributed by atoms with Gasteiger partial charge in [0.15, 0.2) is 12.2 Å². The lowest BCUT2D eigenvalue weighted by Gasteiger charge is -2.40. The minimum Gasteiger partial charge on any atom is -0.476 e. The Labute approximate surface area is 191 Å². The van der Waals surface area contributed by atoms with Crippen molar-refractivity contribution < 1.29 is 28.6 Å². The Balaban J connectivity index is 1.43. The number of ether oxygens (including phenoxy) is 3. The normalized spacial score (nSPS) is 21.9. The van der Waals surface area contributed by atoms with E-state index >= 15 is 0 Å². The van der Waals surface area contributed by atoms with Crippen molar-refractivity contribution in [2.45, 2.75) is 19.1 Å². The maximum absolute atomic E-state index is 13.7. The molecule has 9 heteroatoms. The highest BCUT2D eigenvalue weighted by Gasteiger charge is 2.41. The average Bonchev–Trinajstić information content (AvgIpc) is 2.86. The van der Waals surface area contributed by atoms with Crippen LogP contribution in [-0.2, 0) is 19.1 Å². The molecule has 0 N–H and O–H groups in total. The molecule has 9 nitrogen and oxygen atoms in total. The third-order valence-electron chi connectivity index (χ3n) is 6.07. The van der Waals surface area contributed by atoms with Gasteiger partial charge in [-0.05, 0) is 24.3 Å². The number of hydrogen-bond donors (Lipinski definition) is 0. The van der Waals surface area contributed by atoms with E-state index in [1.54, 1.807) is 51.1 Å². The predicted octanol–water partition coefficient (Wildman–Crippen LogP) is 1.45. The smallest absolute Gasteiger partial charge is 0.270 e. The van der Waals surface area contributed by atoms with Gasteiger partial charge in [0.1, 0.15) is 11.5 Å². The Kier molecular flexibility index (Phi) is 5.63. The topological polar surface area (TPSA) is 88.6 Å². The second-order valence-electron chi connectivity index (χ2n) is 8.16. The van der Waals surface area contributed by atoms with Crippen molar-refractivity contribution in [3.05, 3.63) is 48.5 Å². The van der Waals surface area contributed by atoms with Crippen molar-refractivity contribution in [3.63, 3.8) is 0 Å². The lowest BCUT2D eigenvalue weighted by Crippen LogP contribution is -2.57. The Morgan fingerprint density at radius 1 is 0.758 bits per heavy atom. The van der Waals surface area contributed by atoms with Crippen molar-refractivity contribution in [1.29, 1.82) is 0 Å². The quantitative estimate of drug-likeness (QED) is 0.687. The number of morpholine rings is 1. The van der Waals surface area contributed by atoms with Gasteiger partial charge in [-0.1, -0.05) is 24.3 Å². The summed E-state index contributed by atoms with van der Waals surface area (Å²) in [4.78, 5) is 43.9. The largest absolute Gasteiger partial charge is 0.476 e. The van der Waals surface area contributed by atoms with Gasteiger partial charge < -0.3 is 28.9 Å². The van der Waals surface area contributed by atoms with Gasteiger partial charge in [-0.25, -0.2) is 0 Å². The molecule has 2 aromatic rings. The number of nitrogens with zero attached hydrogens (tertiary/aromatic N) is 3. The van der Waals surface area contributed by atoms with Gasteiger partial charge in [0.05, 0.1) is 37.7 Å². The van der Waals surface area contributed by atoms with Crippen molar-refractivity contribution in [2.24, 2.45) is 0 Å². The molecule has 5 rings (SSSR count). The fraction of sp³-hybridized carbons (Fsp3) is 0.375. The Hall–Kier alpha value is -3.59. The van der Waals surface area contributed by atoms with Gasteiger partial charge in [-0.3, -0.25) is 14.4 Å². The maximum Gasteiger partial charge on any atom is 0.270 e. The van der Waals surface area contributed by atoms with Crippen LogP contribution < -0.4 is 19.3 Å². The summed E-state index contributed by atoms with van der Waals surface area (Å²) in [5, 5.41) is 0. The Morgan fingerprint density at radius 2 is 1.27 bits per heavy atom. The molecule has 3 amide bonds. The van der Waals surface area contributed by atoms with Crippen molar-refractivity contribution >= 4 is 29.1 Å². The molecule has 0 spiro atoms. The van der Waals surface area contributed by atoms with Gasteiger partial charge in [-0.2, -0.15) is 0 Å². The van der Waals surface area contributed by atoms with E-state index in [9.17, 15) is 14.4 Å². The molecule has 0 aliphatic carbocycles. The van der Waals surface area contributed by atoms with Crippen LogP contribution in [0.25, 0.3) is 0 Å². The zero-order chi connectivity index (χ0) is 22.9. The number of benzene rings is 2. The highest BCUT2D eigenvalue weighted by atomic mass is 16.5. The minimum absolute atomic E-state index is 0.0631. The van der Waals surface area contributed by atoms with Crippen molar-refractivity contribution in [3.8, 4) is 11.5 Å². The van der Waals surface area contributed by atoms with Gasteiger partial charge in [0, 0.05) is 20.0 Å². The summed E-state index contributed by atoms with van der Waals surface area (Å²) in [6.07, 6.45) is -1.74. The summed E-state index contributed by atoms with van der Waals surface area (Å²) in [6, 6.07) is 14.3. The molecule has 3 aliphatic rings. The first kappa shape index (κ1) is 21.3. The molecule has 33 heavy (non-hydrogen) atoms. The molecular weight excluding hydrogens is 426 g/mol. The zero-order valence-electron chi connectivity index (χ0n) is 18.3. The molecule has 3 aliphatic heterocycles. The van der Waals surface area contributed by atoms with Crippen LogP contribution in [0.1, 0.15) is 6.92 Å². The van der Waals surface area contributed by atoms with Gasteiger partial charge in [0.2, 0.25) is 5.91 Å². The molecule has 0 aromatic heterocycles. The number of fused-ring (bicyclic) bond motifs is 2. The Bertz CT molecular complexity index is 1080. The minimum atomic E-state index is -0.908. The molecule has 1 fully saturated rings. The van der Waals surface area contributed by atoms with Crippen LogP contribution in [0.2, 0.25) is 0 Å². The Morgan fingerprint density at radius 3 is 1.88 bits per heavy atom. The van der Waals surface area contributed by atoms with E-state index < -0.39 is 12.2 Å². The summed E-state index contributed by atoms with van der Waals surface area (Å²) in [5.41, 5.74) is 1.21. The second-order valence-corrected chi connectivity index (χ2v) is 8.16. The summed E-state index contributed by atoms with van der Waals surface area (Å²) < 4.78 is 17.4. The van der Waals surface area contributed by atoms with Crippen LogP contribution in [-0.4, -0.2) is 74.2 Å². The molecule has 0 radical (unpaired) electrons. The predicted molar refractivity (Wildman–Crippen MR) is 119 cm³/mol. The molecule has 0 saturated carbocycles. The average molecular weight is 451 g/mol. The van der Waals surface area contributed by atoms with E-state index in [1.807, 2.05) is 12.1 Å². The van der Waals surface area contributed by atoms with E-state index in [-0.39, 0.29) is 30.8 Å². The van der Waals surface area contributed by atoms with Crippen LogP contribution in [0.3, 0.4) is 0 Å². The molecule has 3 heterocycles. The van der Waals surface area contributed by atoms with Crippen LogP contribution in [0, 0.1) is 0 Å². The van der Waals surface area contributed by atoms with Crippen LogP contribution >= 0.6 is 0 Å². The summed E-state index contributed by atoms with van der Waals surface area (Å²) in [5.74, 6) is 0.256. The zero-order valence-corrected chi connectivity index (χ0v) is 18.3. The fourth-order valence-corrected chi connectivity index (χ4v) is 4.39. The highest BCUT2D eigenvalue weighted by molar-refractivity contribution is 6.02. The van der Waals surface area contributed by atoms with Gasteiger partial charge >= 0.3 is 0 Å². The first-order valence-electron chi connectivity index (χ1n) is 11.0. The number of hydrogen-bond acceptors (Lipinski definition) is 6. The monoisotopic (exact) mass is 451 g/mol. The number of carbonyl (C=O) groups is 3. The lowest BCUT2D eigenvalue weighted by atomic mass is 10.1. The van der Waals surface area contributed by atoms with E-state index in [4.69, 9.17) is 14.2 Å². The van der Waals surface area contributed by atoms with Gasteiger partial charge in [-0.15, -0.1) is 0 Å². The van der Waals surface area contributed by atoms with E-state index in [0.717, 1.165) is 0 Å². The number of amides is 3. The molecule has 2 unspecified atom stereocenters. The van der Waals surface area contributed by atoms with Crippen LogP contribution in [0.4, 0.5) is 11.4 Å². The molecule has 0 bridgehead atoms. The molecule has 2 atom stereocenters. The molecule has 172 valence electrons. The standard InChI is InChI=1S/C24H25N3O6/c1-16(28)26-14-22(33-19-8-4-2-6-17(19)26)24(30)27-15-21(23(29)25-10-12-31-13-11-25)32-20-9-5-3-7-18(20)27/h2-9,21-22H,10-15H2,1H3. The summed E-state index contributed by atoms with van der Waals surface area (Å²) in [7, 11) is 0. The SMILES string of the molecule is CC(=O)N1CC(C(=O)N2CC(C(=O)N3CCOCC3)Oc3ccccc32)Oc2ccccc21. The van der Waals surface area contributed by atoms with Crippen molar-refractivity contribution in [2.75, 3.05) is 49.2 Å².